The van der Waals surface area contributed by atoms with Gasteiger partial charge in [0.1, 0.15) is 0 Å². The molecule has 0 saturated heterocycles. The fraction of sp³-hybridized carbons (Fsp3) is 0.167. The zero-order chi connectivity index (χ0) is 14.2. The van der Waals surface area contributed by atoms with E-state index in [4.69, 9.17) is 4.74 Å². The highest BCUT2D eigenvalue weighted by Gasteiger charge is 2.13. The second-order valence-electron chi connectivity index (χ2n) is 4.47. The summed E-state index contributed by atoms with van der Waals surface area (Å²) in [7, 11) is 0. The lowest BCUT2D eigenvalue weighted by molar-refractivity contribution is -0.136. The Balaban J connectivity index is 2.34. The lowest BCUT2D eigenvalue weighted by Crippen LogP contribution is -2.07. The third-order valence-corrected chi connectivity index (χ3v) is 2.85. The van der Waals surface area contributed by atoms with Gasteiger partial charge < -0.3 is 4.74 Å². The van der Waals surface area contributed by atoms with Crippen LogP contribution in [0.15, 0.2) is 60.7 Å². The smallest absolute Gasteiger partial charge is 0.338 e. The molecule has 2 aromatic rings. The van der Waals surface area contributed by atoms with Crippen molar-refractivity contribution in [2.75, 3.05) is 6.61 Å². The molecule has 2 rings (SSSR count). The maximum Gasteiger partial charge on any atom is 0.338 e. The van der Waals surface area contributed by atoms with Crippen LogP contribution in [0.4, 0.5) is 0 Å². The summed E-state index contributed by atoms with van der Waals surface area (Å²) in [5.41, 5.74) is 2.45. The zero-order valence-corrected chi connectivity index (χ0v) is 11.6. The molecule has 0 N–H and O–H groups in total. The number of hydrogen-bond donors (Lipinski definition) is 0. The van der Waals surface area contributed by atoms with Crippen LogP contribution in [0.3, 0.4) is 0 Å². The van der Waals surface area contributed by atoms with E-state index in [0.717, 1.165) is 17.5 Å². The number of esters is 1. The minimum atomic E-state index is -0.276. The van der Waals surface area contributed by atoms with Crippen molar-refractivity contribution in [1.82, 2.24) is 0 Å². The van der Waals surface area contributed by atoms with E-state index in [1.807, 2.05) is 73.7 Å². The molecule has 0 fully saturated rings. The van der Waals surface area contributed by atoms with Gasteiger partial charge in [0.05, 0.1) is 12.2 Å². The lowest BCUT2D eigenvalue weighted by Gasteiger charge is -2.08. The van der Waals surface area contributed by atoms with Crippen molar-refractivity contribution in [2.24, 2.45) is 0 Å². The van der Waals surface area contributed by atoms with Gasteiger partial charge >= 0.3 is 5.97 Å². The molecule has 2 aromatic carbocycles. The molecule has 0 spiro atoms. The van der Waals surface area contributed by atoms with Crippen LogP contribution in [0.25, 0.3) is 11.6 Å². The third kappa shape index (κ3) is 3.82. The predicted octanol–water partition coefficient (Wildman–Crippen LogP) is 4.18. The van der Waals surface area contributed by atoms with Gasteiger partial charge in [-0.05, 0) is 23.6 Å². The van der Waals surface area contributed by atoms with E-state index in [1.165, 1.54) is 0 Å². The first kappa shape index (κ1) is 14.1. The number of carbonyl (C=O) groups excluding carboxylic acids is 1. The first-order chi connectivity index (χ1) is 9.81. The lowest BCUT2D eigenvalue weighted by atomic mass is 10.0. The van der Waals surface area contributed by atoms with Crippen LogP contribution in [-0.2, 0) is 9.53 Å². The van der Waals surface area contributed by atoms with Crippen molar-refractivity contribution in [1.29, 1.82) is 0 Å². The molecule has 20 heavy (non-hydrogen) atoms. The Hall–Kier alpha value is -2.35. The molecule has 0 aromatic heterocycles. The SMILES string of the molecule is CCCOC(=O)/C(=C/c1ccccc1)c1ccccc1. The Morgan fingerprint density at radius 3 is 2.20 bits per heavy atom. The van der Waals surface area contributed by atoms with Crippen LogP contribution >= 0.6 is 0 Å². The summed E-state index contributed by atoms with van der Waals surface area (Å²) in [4.78, 5) is 12.2. The van der Waals surface area contributed by atoms with Gasteiger partial charge in [0.2, 0.25) is 0 Å². The van der Waals surface area contributed by atoms with Gasteiger partial charge in [-0.25, -0.2) is 4.79 Å². The quantitative estimate of drug-likeness (QED) is 0.461. The number of rotatable bonds is 5. The van der Waals surface area contributed by atoms with Crippen LogP contribution < -0.4 is 0 Å². The molecule has 0 aliphatic heterocycles. The standard InChI is InChI=1S/C18H18O2/c1-2-13-20-18(19)17(16-11-7-4-8-12-16)14-15-9-5-3-6-10-15/h3-12,14H,2,13H2,1H3/b17-14+. The third-order valence-electron chi connectivity index (χ3n) is 2.85. The van der Waals surface area contributed by atoms with Gasteiger partial charge in [-0.1, -0.05) is 67.6 Å². The van der Waals surface area contributed by atoms with Gasteiger partial charge in [0, 0.05) is 0 Å². The highest BCUT2D eigenvalue weighted by molar-refractivity contribution is 6.21. The summed E-state index contributed by atoms with van der Waals surface area (Å²) in [5, 5.41) is 0. The Labute approximate surface area is 119 Å². The molecule has 102 valence electrons. The van der Waals surface area contributed by atoms with Crippen molar-refractivity contribution >= 4 is 17.6 Å². The molecule has 0 aliphatic carbocycles. The maximum atomic E-state index is 12.2. The molecule has 0 amide bonds. The first-order valence-electron chi connectivity index (χ1n) is 6.80. The molecule has 0 bridgehead atoms. The van der Waals surface area contributed by atoms with Crippen LogP contribution in [0, 0.1) is 0 Å². The molecule has 0 unspecified atom stereocenters. The second-order valence-corrected chi connectivity index (χ2v) is 4.47. The van der Waals surface area contributed by atoms with Crippen LogP contribution in [0.5, 0.6) is 0 Å². The topological polar surface area (TPSA) is 26.3 Å². The average Bonchev–Trinajstić information content (AvgIpc) is 2.52. The molecule has 0 aliphatic rings. The Morgan fingerprint density at radius 2 is 1.60 bits per heavy atom. The van der Waals surface area contributed by atoms with E-state index in [-0.39, 0.29) is 5.97 Å². The van der Waals surface area contributed by atoms with Gasteiger partial charge in [0.15, 0.2) is 0 Å². The molecule has 0 atom stereocenters. The molecule has 2 heteroatoms. The normalized spacial score (nSPS) is 11.2. The van der Waals surface area contributed by atoms with Crippen LogP contribution in [-0.4, -0.2) is 12.6 Å². The summed E-state index contributed by atoms with van der Waals surface area (Å²) in [6.45, 7) is 2.42. The number of hydrogen-bond acceptors (Lipinski definition) is 2. The number of ether oxygens (including phenoxy) is 1. The summed E-state index contributed by atoms with van der Waals surface area (Å²) < 4.78 is 5.27. The number of benzene rings is 2. The minimum absolute atomic E-state index is 0.276. The van der Waals surface area contributed by atoms with E-state index >= 15 is 0 Å². The Bertz CT molecular complexity index is 571. The second kappa shape index (κ2) is 7.29. The summed E-state index contributed by atoms with van der Waals surface area (Å²) >= 11 is 0. The van der Waals surface area contributed by atoms with Crippen molar-refractivity contribution in [3.8, 4) is 0 Å². The molecular weight excluding hydrogens is 248 g/mol. The molecule has 0 heterocycles. The summed E-state index contributed by atoms with van der Waals surface area (Å²) in [6, 6.07) is 19.4. The highest BCUT2D eigenvalue weighted by atomic mass is 16.5. The summed E-state index contributed by atoms with van der Waals surface area (Å²) in [5.74, 6) is -0.276. The largest absolute Gasteiger partial charge is 0.462 e. The van der Waals surface area contributed by atoms with Gasteiger partial charge in [0.25, 0.3) is 0 Å². The minimum Gasteiger partial charge on any atom is -0.462 e. The monoisotopic (exact) mass is 266 g/mol. The van der Waals surface area contributed by atoms with E-state index < -0.39 is 0 Å². The van der Waals surface area contributed by atoms with Crippen molar-refractivity contribution in [3.05, 3.63) is 71.8 Å². The van der Waals surface area contributed by atoms with Crippen LogP contribution in [0.2, 0.25) is 0 Å². The highest BCUT2D eigenvalue weighted by Crippen LogP contribution is 2.19. The van der Waals surface area contributed by atoms with Crippen molar-refractivity contribution < 1.29 is 9.53 Å². The van der Waals surface area contributed by atoms with E-state index in [2.05, 4.69) is 0 Å². The zero-order valence-electron chi connectivity index (χ0n) is 11.6. The fourth-order valence-corrected chi connectivity index (χ4v) is 1.87. The Kier molecular flexibility index (Phi) is 5.13. The first-order valence-corrected chi connectivity index (χ1v) is 6.80. The number of carbonyl (C=O) groups is 1. The predicted molar refractivity (Wildman–Crippen MR) is 82.0 cm³/mol. The maximum absolute atomic E-state index is 12.2. The summed E-state index contributed by atoms with van der Waals surface area (Å²) in [6.07, 6.45) is 2.69. The molecule has 0 radical (unpaired) electrons. The molecule has 0 saturated carbocycles. The average molecular weight is 266 g/mol. The van der Waals surface area contributed by atoms with E-state index in [9.17, 15) is 4.79 Å². The molecular formula is C18H18O2. The molecule has 2 nitrogen and oxygen atoms in total. The van der Waals surface area contributed by atoms with Crippen LogP contribution in [0.1, 0.15) is 24.5 Å². The Morgan fingerprint density at radius 1 is 1.00 bits per heavy atom. The van der Waals surface area contributed by atoms with Gasteiger partial charge in [-0.2, -0.15) is 0 Å². The van der Waals surface area contributed by atoms with Crippen molar-refractivity contribution in [2.45, 2.75) is 13.3 Å². The van der Waals surface area contributed by atoms with E-state index in [0.29, 0.717) is 12.2 Å². The van der Waals surface area contributed by atoms with Crippen molar-refractivity contribution in [3.63, 3.8) is 0 Å². The van der Waals surface area contributed by atoms with E-state index in [1.54, 1.807) is 0 Å². The van der Waals surface area contributed by atoms with Gasteiger partial charge in [-0.3, -0.25) is 0 Å². The van der Waals surface area contributed by atoms with Gasteiger partial charge in [-0.15, -0.1) is 0 Å². The fourth-order valence-electron chi connectivity index (χ4n) is 1.87.